The van der Waals surface area contributed by atoms with Crippen molar-refractivity contribution >= 4 is 29.0 Å². The molecule has 2 aromatic carbocycles. The maximum atomic E-state index is 13.3. The molecule has 2 aromatic rings. The van der Waals surface area contributed by atoms with Gasteiger partial charge < -0.3 is 0 Å². The van der Waals surface area contributed by atoms with Crippen molar-refractivity contribution in [1.82, 2.24) is 0 Å². The Bertz CT molecular complexity index is 570. The van der Waals surface area contributed by atoms with Crippen molar-refractivity contribution in [2.75, 3.05) is 0 Å². The summed E-state index contributed by atoms with van der Waals surface area (Å²) in [5.41, 5.74) is 1.56. The van der Waals surface area contributed by atoms with Crippen LogP contribution in [0.3, 0.4) is 0 Å². The average Bonchev–Trinajstić information content (AvgIpc) is 2.35. The van der Waals surface area contributed by atoms with Crippen molar-refractivity contribution in [3.8, 4) is 0 Å². The quantitative estimate of drug-likeness (QED) is 0.732. The van der Waals surface area contributed by atoms with Gasteiger partial charge in [-0.2, -0.15) is 0 Å². The van der Waals surface area contributed by atoms with E-state index >= 15 is 0 Å². The third kappa shape index (κ3) is 2.55. The van der Waals surface area contributed by atoms with Crippen LogP contribution in [0.4, 0.5) is 4.39 Å². The normalized spacial score (nSPS) is 10.4. The van der Waals surface area contributed by atoms with Gasteiger partial charge in [0, 0.05) is 16.1 Å². The minimum absolute atomic E-state index is 0.00603. The molecule has 0 aliphatic heterocycles. The Hall–Kier alpha value is -1.38. The molecule has 0 aliphatic rings. The number of halogens is 3. The van der Waals surface area contributed by atoms with Crippen LogP contribution in [0.25, 0.3) is 0 Å². The van der Waals surface area contributed by atoms with Gasteiger partial charge in [0.15, 0.2) is 5.78 Å². The van der Waals surface area contributed by atoms with Crippen molar-refractivity contribution in [2.45, 2.75) is 6.92 Å². The Balaban J connectivity index is 2.41. The fourth-order valence-corrected chi connectivity index (χ4v) is 1.84. The molecule has 0 aliphatic carbocycles. The standard InChI is InChI=1S/C14H9Cl2FO/c1-8-2-3-9(6-12(8)16)14(18)10-4-5-11(15)13(17)7-10/h2-7H,1H3. The van der Waals surface area contributed by atoms with Gasteiger partial charge in [0.2, 0.25) is 0 Å². The minimum Gasteiger partial charge on any atom is -0.289 e. The average molecular weight is 283 g/mol. The van der Waals surface area contributed by atoms with Gasteiger partial charge in [0.25, 0.3) is 0 Å². The van der Waals surface area contributed by atoms with Crippen LogP contribution in [0.1, 0.15) is 21.5 Å². The topological polar surface area (TPSA) is 17.1 Å². The van der Waals surface area contributed by atoms with Crippen LogP contribution in [0, 0.1) is 12.7 Å². The first kappa shape index (κ1) is 13.1. The van der Waals surface area contributed by atoms with Crippen molar-refractivity contribution in [3.63, 3.8) is 0 Å². The molecule has 0 atom stereocenters. The van der Waals surface area contributed by atoms with E-state index in [2.05, 4.69) is 0 Å². The molecule has 0 saturated heterocycles. The monoisotopic (exact) mass is 282 g/mol. The van der Waals surface area contributed by atoms with Gasteiger partial charge in [0.1, 0.15) is 5.82 Å². The summed E-state index contributed by atoms with van der Waals surface area (Å²) in [6.45, 7) is 1.85. The molecule has 0 unspecified atom stereocenters. The number of hydrogen-bond donors (Lipinski definition) is 0. The lowest BCUT2D eigenvalue weighted by atomic mass is 10.0. The highest BCUT2D eigenvalue weighted by Crippen LogP contribution is 2.21. The first-order valence-electron chi connectivity index (χ1n) is 5.25. The lowest BCUT2D eigenvalue weighted by Crippen LogP contribution is -2.02. The maximum absolute atomic E-state index is 13.3. The summed E-state index contributed by atoms with van der Waals surface area (Å²) in [6.07, 6.45) is 0. The van der Waals surface area contributed by atoms with E-state index in [1.54, 1.807) is 18.2 Å². The van der Waals surface area contributed by atoms with Crippen LogP contribution in [0.15, 0.2) is 36.4 Å². The number of ketones is 1. The maximum Gasteiger partial charge on any atom is 0.193 e. The van der Waals surface area contributed by atoms with Gasteiger partial charge in [-0.05, 0) is 36.8 Å². The van der Waals surface area contributed by atoms with E-state index in [9.17, 15) is 9.18 Å². The zero-order valence-electron chi connectivity index (χ0n) is 9.51. The molecule has 2 rings (SSSR count). The Morgan fingerprint density at radius 1 is 1.00 bits per heavy atom. The lowest BCUT2D eigenvalue weighted by Gasteiger charge is -2.04. The van der Waals surface area contributed by atoms with Gasteiger partial charge in [-0.1, -0.05) is 35.3 Å². The second-order valence-corrected chi connectivity index (χ2v) is 4.74. The Labute approximate surface area is 114 Å². The van der Waals surface area contributed by atoms with E-state index in [-0.39, 0.29) is 16.4 Å². The second-order valence-electron chi connectivity index (χ2n) is 3.92. The number of rotatable bonds is 2. The summed E-state index contributed by atoms with van der Waals surface area (Å²) >= 11 is 11.5. The summed E-state index contributed by atoms with van der Waals surface area (Å²) in [5, 5.41) is 0.503. The van der Waals surface area contributed by atoms with Crippen LogP contribution in [-0.4, -0.2) is 5.78 Å². The number of hydrogen-bond acceptors (Lipinski definition) is 1. The van der Waals surface area contributed by atoms with E-state index in [0.717, 1.165) is 11.6 Å². The molecule has 0 bridgehead atoms. The van der Waals surface area contributed by atoms with Crippen LogP contribution < -0.4 is 0 Å². The Morgan fingerprint density at radius 3 is 2.22 bits per heavy atom. The van der Waals surface area contributed by atoms with Crippen LogP contribution in [0.2, 0.25) is 10.0 Å². The highest BCUT2D eigenvalue weighted by Gasteiger charge is 2.12. The van der Waals surface area contributed by atoms with Crippen molar-refractivity contribution < 1.29 is 9.18 Å². The number of carbonyl (C=O) groups excluding carboxylic acids is 1. The van der Waals surface area contributed by atoms with E-state index in [0.29, 0.717) is 10.6 Å². The molecule has 0 radical (unpaired) electrons. The third-order valence-corrected chi connectivity index (χ3v) is 3.33. The second kappa shape index (κ2) is 5.09. The van der Waals surface area contributed by atoms with Crippen molar-refractivity contribution in [3.05, 3.63) is 69.0 Å². The SMILES string of the molecule is Cc1ccc(C(=O)c2ccc(Cl)c(F)c2)cc1Cl. The summed E-state index contributed by atoms with van der Waals surface area (Å²) in [7, 11) is 0. The number of carbonyl (C=O) groups is 1. The molecule has 18 heavy (non-hydrogen) atoms. The molecule has 0 spiro atoms. The Morgan fingerprint density at radius 2 is 1.61 bits per heavy atom. The molecular weight excluding hydrogens is 274 g/mol. The fourth-order valence-electron chi connectivity index (χ4n) is 1.54. The molecule has 92 valence electrons. The van der Waals surface area contributed by atoms with E-state index < -0.39 is 5.82 Å². The van der Waals surface area contributed by atoms with E-state index in [4.69, 9.17) is 23.2 Å². The molecule has 1 nitrogen and oxygen atoms in total. The molecule has 0 amide bonds. The Kier molecular flexibility index (Phi) is 3.69. The van der Waals surface area contributed by atoms with E-state index in [1.807, 2.05) is 6.92 Å². The van der Waals surface area contributed by atoms with Gasteiger partial charge in [-0.15, -0.1) is 0 Å². The first-order chi connectivity index (χ1) is 8.49. The highest BCUT2D eigenvalue weighted by atomic mass is 35.5. The fraction of sp³-hybridized carbons (Fsp3) is 0.0714. The lowest BCUT2D eigenvalue weighted by molar-refractivity contribution is 0.103. The van der Waals surface area contributed by atoms with Gasteiger partial charge in [-0.25, -0.2) is 4.39 Å². The predicted octanol–water partition coefficient (Wildman–Crippen LogP) is 4.67. The minimum atomic E-state index is -0.610. The molecular formula is C14H9Cl2FO. The van der Waals surface area contributed by atoms with E-state index in [1.165, 1.54) is 12.1 Å². The summed E-state index contributed by atoms with van der Waals surface area (Å²) < 4.78 is 13.3. The van der Waals surface area contributed by atoms with Gasteiger partial charge >= 0.3 is 0 Å². The number of benzene rings is 2. The van der Waals surface area contributed by atoms with Crippen LogP contribution in [-0.2, 0) is 0 Å². The van der Waals surface area contributed by atoms with Gasteiger partial charge in [-0.3, -0.25) is 4.79 Å². The molecule has 0 aromatic heterocycles. The molecule has 0 fully saturated rings. The van der Waals surface area contributed by atoms with Crippen molar-refractivity contribution in [2.24, 2.45) is 0 Å². The molecule has 0 heterocycles. The third-order valence-electron chi connectivity index (χ3n) is 2.62. The first-order valence-corrected chi connectivity index (χ1v) is 6.00. The summed E-state index contributed by atoms with van der Waals surface area (Å²) in [4.78, 5) is 12.1. The largest absolute Gasteiger partial charge is 0.289 e. The summed E-state index contributed by atoms with van der Waals surface area (Å²) in [5.74, 6) is -0.895. The zero-order chi connectivity index (χ0) is 13.3. The molecule has 0 saturated carbocycles. The zero-order valence-corrected chi connectivity index (χ0v) is 11.0. The van der Waals surface area contributed by atoms with Crippen LogP contribution in [0.5, 0.6) is 0 Å². The predicted molar refractivity (Wildman–Crippen MR) is 71.0 cm³/mol. The van der Waals surface area contributed by atoms with Crippen molar-refractivity contribution in [1.29, 1.82) is 0 Å². The van der Waals surface area contributed by atoms with Crippen LogP contribution >= 0.6 is 23.2 Å². The summed E-state index contributed by atoms with van der Waals surface area (Å²) in [6, 6.07) is 8.96. The molecule has 0 N–H and O–H groups in total. The highest BCUT2D eigenvalue weighted by molar-refractivity contribution is 6.32. The van der Waals surface area contributed by atoms with Gasteiger partial charge in [0.05, 0.1) is 5.02 Å². The smallest absolute Gasteiger partial charge is 0.193 e. The number of aryl methyl sites for hydroxylation is 1. The molecule has 4 heteroatoms.